The number of carbonyl (C=O) groups is 2. The van der Waals surface area contributed by atoms with Gasteiger partial charge in [-0.05, 0) is 19.3 Å². The fourth-order valence-corrected chi connectivity index (χ4v) is 1.36. The third-order valence-corrected chi connectivity index (χ3v) is 2.70. The minimum Gasteiger partial charge on any atom is -0.303 e. The average molecular weight is 198 g/mol. The van der Waals surface area contributed by atoms with Gasteiger partial charge < -0.3 is 5.32 Å². The van der Waals surface area contributed by atoms with Gasteiger partial charge in [0.05, 0.1) is 6.04 Å². The number of rotatable bonds is 3. The summed E-state index contributed by atoms with van der Waals surface area (Å²) in [6.07, 6.45) is 1.05. The molecule has 1 fully saturated rings. The van der Waals surface area contributed by atoms with Gasteiger partial charge in [0.25, 0.3) is 0 Å². The monoisotopic (exact) mass is 198 g/mol. The van der Waals surface area contributed by atoms with Crippen LogP contribution in [0.15, 0.2) is 0 Å². The maximum Gasteiger partial charge on any atom is 0.243 e. The van der Waals surface area contributed by atoms with Crippen LogP contribution < -0.4 is 10.6 Å². The van der Waals surface area contributed by atoms with Gasteiger partial charge in [0.15, 0.2) is 0 Å². The summed E-state index contributed by atoms with van der Waals surface area (Å²) in [7, 11) is 0. The smallest absolute Gasteiger partial charge is 0.243 e. The fraction of sp³-hybridized carbons (Fsp3) is 0.800. The van der Waals surface area contributed by atoms with Gasteiger partial charge in [0.2, 0.25) is 11.8 Å². The van der Waals surface area contributed by atoms with Crippen LogP contribution in [0.5, 0.6) is 0 Å². The van der Waals surface area contributed by atoms with Crippen molar-refractivity contribution >= 4 is 11.8 Å². The van der Waals surface area contributed by atoms with Crippen LogP contribution in [0.4, 0.5) is 0 Å². The summed E-state index contributed by atoms with van der Waals surface area (Å²) in [5, 5.41) is 5.56. The standard InChI is InChI=1S/C10H18N2O2/c1-6(2)7(3)11-8-4-5-9(13)12-10(8)14/h6-8,11H,4-5H2,1-3H3,(H,12,13,14)/t7-,8?/m0/s1. The molecule has 14 heavy (non-hydrogen) atoms. The van der Waals surface area contributed by atoms with Crippen LogP contribution in [-0.4, -0.2) is 23.9 Å². The Bertz CT molecular complexity index is 238. The van der Waals surface area contributed by atoms with Crippen molar-refractivity contribution < 1.29 is 9.59 Å². The van der Waals surface area contributed by atoms with Crippen molar-refractivity contribution in [3.05, 3.63) is 0 Å². The molecule has 1 heterocycles. The van der Waals surface area contributed by atoms with Crippen LogP contribution in [0.25, 0.3) is 0 Å². The Hall–Kier alpha value is -0.900. The minimum atomic E-state index is -0.204. The van der Waals surface area contributed by atoms with Crippen LogP contribution >= 0.6 is 0 Å². The van der Waals surface area contributed by atoms with Gasteiger partial charge in [0.1, 0.15) is 0 Å². The lowest BCUT2D eigenvalue weighted by molar-refractivity contribution is -0.134. The molecule has 0 aromatic rings. The molecule has 0 saturated carbocycles. The molecule has 80 valence electrons. The molecule has 0 bridgehead atoms. The second-order valence-corrected chi connectivity index (χ2v) is 4.20. The van der Waals surface area contributed by atoms with E-state index < -0.39 is 0 Å². The average Bonchev–Trinajstić information content (AvgIpc) is 2.09. The van der Waals surface area contributed by atoms with Gasteiger partial charge in [0, 0.05) is 12.5 Å². The Morgan fingerprint density at radius 3 is 2.50 bits per heavy atom. The molecule has 2 N–H and O–H groups in total. The van der Waals surface area contributed by atoms with Crippen molar-refractivity contribution in [1.29, 1.82) is 0 Å². The zero-order valence-electron chi connectivity index (χ0n) is 8.96. The second kappa shape index (κ2) is 4.55. The summed E-state index contributed by atoms with van der Waals surface area (Å²) in [6, 6.07) is 0.0871. The van der Waals surface area contributed by atoms with Gasteiger partial charge in [-0.3, -0.25) is 14.9 Å². The Morgan fingerprint density at radius 1 is 1.36 bits per heavy atom. The first-order valence-electron chi connectivity index (χ1n) is 5.10. The van der Waals surface area contributed by atoms with E-state index in [0.717, 1.165) is 0 Å². The number of imide groups is 1. The second-order valence-electron chi connectivity index (χ2n) is 4.20. The van der Waals surface area contributed by atoms with Gasteiger partial charge in [-0.15, -0.1) is 0 Å². The summed E-state index contributed by atoms with van der Waals surface area (Å²) < 4.78 is 0. The molecule has 4 heteroatoms. The third kappa shape index (κ3) is 2.80. The van der Waals surface area contributed by atoms with E-state index in [-0.39, 0.29) is 17.9 Å². The molecule has 0 aromatic heterocycles. The summed E-state index contributed by atoms with van der Waals surface area (Å²) in [4.78, 5) is 22.2. The summed E-state index contributed by atoms with van der Waals surface area (Å²) in [5.41, 5.74) is 0. The highest BCUT2D eigenvalue weighted by Gasteiger charge is 2.27. The van der Waals surface area contributed by atoms with E-state index in [1.807, 2.05) is 6.92 Å². The molecular formula is C10H18N2O2. The molecule has 0 radical (unpaired) electrons. The van der Waals surface area contributed by atoms with Crippen molar-refractivity contribution in [2.75, 3.05) is 0 Å². The maximum absolute atomic E-state index is 11.4. The minimum absolute atomic E-state index is 0.162. The lowest BCUT2D eigenvalue weighted by atomic mass is 10.0. The molecule has 2 atom stereocenters. The van der Waals surface area contributed by atoms with Gasteiger partial charge in [-0.1, -0.05) is 13.8 Å². The van der Waals surface area contributed by atoms with Crippen molar-refractivity contribution in [2.24, 2.45) is 5.92 Å². The molecular weight excluding hydrogens is 180 g/mol. The quantitative estimate of drug-likeness (QED) is 0.646. The number of hydrogen-bond acceptors (Lipinski definition) is 3. The lowest BCUT2D eigenvalue weighted by Crippen LogP contribution is -2.53. The molecule has 0 aromatic carbocycles. The van der Waals surface area contributed by atoms with Crippen LogP contribution in [0.3, 0.4) is 0 Å². The number of hydrogen-bond donors (Lipinski definition) is 2. The zero-order chi connectivity index (χ0) is 10.7. The molecule has 1 rings (SSSR count). The van der Waals surface area contributed by atoms with Crippen LogP contribution in [0, 0.1) is 5.92 Å². The van der Waals surface area contributed by atoms with Crippen LogP contribution in [0.2, 0.25) is 0 Å². The normalized spacial score (nSPS) is 25.0. The Kier molecular flexibility index (Phi) is 3.63. The number of nitrogens with one attached hydrogen (secondary N) is 2. The van der Waals surface area contributed by atoms with Crippen molar-refractivity contribution in [2.45, 2.75) is 45.7 Å². The predicted molar refractivity (Wildman–Crippen MR) is 53.6 cm³/mol. The molecule has 1 aliphatic heterocycles. The first-order valence-corrected chi connectivity index (χ1v) is 5.10. The van der Waals surface area contributed by atoms with Gasteiger partial charge in [-0.25, -0.2) is 0 Å². The van der Waals surface area contributed by atoms with E-state index in [0.29, 0.717) is 24.8 Å². The van der Waals surface area contributed by atoms with E-state index in [4.69, 9.17) is 0 Å². The van der Waals surface area contributed by atoms with Gasteiger partial charge in [-0.2, -0.15) is 0 Å². The molecule has 1 saturated heterocycles. The number of piperidine rings is 1. The highest BCUT2D eigenvalue weighted by Crippen LogP contribution is 2.08. The molecule has 1 unspecified atom stereocenters. The zero-order valence-corrected chi connectivity index (χ0v) is 8.96. The number of amides is 2. The largest absolute Gasteiger partial charge is 0.303 e. The Morgan fingerprint density at radius 2 is 2.00 bits per heavy atom. The van der Waals surface area contributed by atoms with E-state index in [1.54, 1.807) is 0 Å². The number of carbonyl (C=O) groups excluding carboxylic acids is 2. The topological polar surface area (TPSA) is 58.2 Å². The summed E-state index contributed by atoms with van der Waals surface area (Å²) in [5.74, 6) is 0.138. The van der Waals surface area contributed by atoms with E-state index in [9.17, 15) is 9.59 Å². The first kappa shape index (κ1) is 11.2. The van der Waals surface area contributed by atoms with E-state index >= 15 is 0 Å². The maximum atomic E-state index is 11.4. The predicted octanol–water partition coefficient (Wildman–Crippen LogP) is 0.426. The van der Waals surface area contributed by atoms with Crippen molar-refractivity contribution in [1.82, 2.24) is 10.6 Å². The fourth-order valence-electron chi connectivity index (χ4n) is 1.36. The Labute approximate surface area is 84.4 Å². The molecule has 0 aliphatic carbocycles. The van der Waals surface area contributed by atoms with Crippen LogP contribution in [0.1, 0.15) is 33.6 Å². The Balaban J connectivity index is 2.45. The van der Waals surface area contributed by atoms with Gasteiger partial charge >= 0.3 is 0 Å². The lowest BCUT2D eigenvalue weighted by Gasteiger charge is -2.27. The third-order valence-electron chi connectivity index (χ3n) is 2.70. The van der Waals surface area contributed by atoms with E-state index in [1.165, 1.54) is 0 Å². The van der Waals surface area contributed by atoms with E-state index in [2.05, 4.69) is 24.5 Å². The highest BCUT2D eigenvalue weighted by atomic mass is 16.2. The summed E-state index contributed by atoms with van der Waals surface area (Å²) in [6.45, 7) is 6.25. The molecule has 4 nitrogen and oxygen atoms in total. The van der Waals surface area contributed by atoms with Crippen LogP contribution in [-0.2, 0) is 9.59 Å². The first-order chi connectivity index (χ1) is 6.50. The van der Waals surface area contributed by atoms with Crippen molar-refractivity contribution in [3.63, 3.8) is 0 Å². The highest BCUT2D eigenvalue weighted by molar-refractivity contribution is 6.00. The van der Waals surface area contributed by atoms with Crippen molar-refractivity contribution in [3.8, 4) is 0 Å². The molecule has 0 spiro atoms. The SMILES string of the molecule is CC(C)[C@H](C)NC1CCC(=O)NC1=O. The molecule has 2 amide bonds. The summed E-state index contributed by atoms with van der Waals surface area (Å²) >= 11 is 0. The molecule has 1 aliphatic rings.